The lowest BCUT2D eigenvalue weighted by Gasteiger charge is -2.14. The van der Waals surface area contributed by atoms with Gasteiger partial charge in [-0.25, -0.2) is 22.8 Å². The minimum atomic E-state index is -2.11. The maximum absolute atomic E-state index is 8.66. The summed E-state index contributed by atoms with van der Waals surface area (Å²) >= 11 is 0. The van der Waals surface area contributed by atoms with Crippen molar-refractivity contribution in [1.29, 1.82) is 0 Å². The van der Waals surface area contributed by atoms with E-state index in [2.05, 4.69) is 184 Å². The van der Waals surface area contributed by atoms with Crippen LogP contribution in [0, 0.1) is 104 Å². The lowest BCUT2D eigenvalue weighted by molar-refractivity contribution is -0.661. The van der Waals surface area contributed by atoms with Gasteiger partial charge in [-0.05, 0) is 234 Å². The van der Waals surface area contributed by atoms with Gasteiger partial charge in [0.2, 0.25) is 28.5 Å². The lowest BCUT2D eigenvalue weighted by atomic mass is 9.92. The fourth-order valence-electron chi connectivity index (χ4n) is 13.1. The third-order valence-corrected chi connectivity index (χ3v) is 18.1. The standard InChI is InChI=1S/2C21H30N.C19H26N.2C18H24N/c2*1-15(2)11-18-13-21(20-10-8-7-9-17(20)5)22(6)14-19(18)12-16(3)4;1-13(2)9-17-12-20(6)19(11-15(17)4)18-8-7-14(3)10-16(18)5;2*1-13(2)10-16-12-19(5)18(11-15(16)4)17-9-7-6-8-14(17)3/h2*7-10,13-16H,11-12H2,1-6H3;7-8,10-13H,9H2,1-6H3;2*6-9,11-13H,10H2,1-5H3/q5*+1/i11D2,12D2;;3D3,9D2;10D2;. The van der Waals surface area contributed by atoms with Gasteiger partial charge in [0.25, 0.3) is 0 Å². The average molecular weight is 1380 g/mol. The number of hydrogen-bond acceptors (Lipinski definition) is 0. The second-order valence-corrected chi connectivity index (χ2v) is 30.9. The van der Waals surface area contributed by atoms with Crippen LogP contribution in [0.5, 0.6) is 0 Å². The molecule has 0 unspecified atom stereocenters. The molecule has 0 atom stereocenters. The van der Waals surface area contributed by atoms with Gasteiger partial charge in [0.05, 0.1) is 0 Å². The molecule has 0 aliphatic rings. The maximum atomic E-state index is 8.66. The molecule has 5 nitrogen and oxygen atoms in total. The summed E-state index contributed by atoms with van der Waals surface area (Å²) in [6, 6.07) is 49.4. The van der Waals surface area contributed by atoms with Crippen LogP contribution in [0.4, 0.5) is 0 Å². The highest BCUT2D eigenvalue weighted by Crippen LogP contribution is 2.30. The zero-order valence-corrected chi connectivity index (χ0v) is 67.6. The van der Waals surface area contributed by atoms with Crippen molar-refractivity contribution in [3.8, 4) is 56.3 Å². The smallest absolute Gasteiger partial charge is 0.201 e. The van der Waals surface area contributed by atoms with E-state index in [-0.39, 0.29) is 23.7 Å². The molecule has 10 rings (SSSR count). The molecule has 0 saturated carbocycles. The van der Waals surface area contributed by atoms with Crippen LogP contribution in [-0.4, -0.2) is 0 Å². The fraction of sp³-hybridized carbons (Fsp3) is 0.433. The lowest BCUT2D eigenvalue weighted by Crippen LogP contribution is -2.32. The first kappa shape index (κ1) is 67.0. The molecule has 0 spiro atoms. The topological polar surface area (TPSA) is 19.4 Å². The normalized spacial score (nSPS) is 13.5. The Morgan fingerprint density at radius 3 is 0.853 bits per heavy atom. The average Bonchev–Trinajstić information content (AvgIpc) is 0.753. The largest absolute Gasteiger partial charge is 0.212 e. The Morgan fingerprint density at radius 2 is 0.520 bits per heavy atom. The van der Waals surface area contributed by atoms with E-state index in [0.717, 1.165) is 75.3 Å². The van der Waals surface area contributed by atoms with Crippen molar-refractivity contribution in [2.45, 2.75) is 204 Å². The molecule has 0 bridgehead atoms. The number of aryl methyl sites for hydroxylation is 14. The van der Waals surface area contributed by atoms with Crippen molar-refractivity contribution in [1.82, 2.24) is 0 Å². The summed E-state index contributed by atoms with van der Waals surface area (Å²) in [7, 11) is 10.1. The van der Waals surface area contributed by atoms with Crippen molar-refractivity contribution >= 4 is 0 Å². The Bertz CT molecular complexity index is 4890. The van der Waals surface area contributed by atoms with Crippen LogP contribution in [0.3, 0.4) is 0 Å². The van der Waals surface area contributed by atoms with Gasteiger partial charge in [0.1, 0.15) is 35.2 Å². The van der Waals surface area contributed by atoms with Crippen molar-refractivity contribution in [2.24, 2.45) is 76.7 Å². The second-order valence-electron chi connectivity index (χ2n) is 30.9. The Labute approximate surface area is 637 Å². The molecular weight excluding hydrogens is 1240 g/mol. The van der Waals surface area contributed by atoms with Crippen LogP contribution >= 0.6 is 0 Å². The van der Waals surface area contributed by atoms with Crippen molar-refractivity contribution in [3.63, 3.8) is 0 Å². The van der Waals surface area contributed by atoms with Crippen LogP contribution in [-0.2, 0) is 80.0 Å². The van der Waals surface area contributed by atoms with Gasteiger partial charge in [0.15, 0.2) is 31.0 Å². The van der Waals surface area contributed by atoms with E-state index in [0.29, 0.717) is 40.0 Å². The monoisotopic (exact) mass is 1380 g/mol. The van der Waals surface area contributed by atoms with E-state index < -0.39 is 32.3 Å². The molecule has 0 N–H and O–H groups in total. The molecule has 5 heterocycles. The first-order chi connectivity index (χ1) is 52.4. The third kappa shape index (κ3) is 24.2. The van der Waals surface area contributed by atoms with E-state index in [9.17, 15) is 0 Å². The highest BCUT2D eigenvalue weighted by Gasteiger charge is 2.23. The number of rotatable bonds is 19. The summed E-state index contributed by atoms with van der Waals surface area (Å²) in [5.74, 6) is 1.37. The van der Waals surface area contributed by atoms with Crippen molar-refractivity contribution in [3.05, 3.63) is 266 Å². The molecular formula is C97H134N5+5. The summed E-state index contributed by atoms with van der Waals surface area (Å²) in [5.41, 5.74) is 27.8. The molecule has 542 valence electrons. The fourth-order valence-corrected chi connectivity index (χ4v) is 13.1. The molecule has 0 aliphatic heterocycles. The van der Waals surface area contributed by atoms with E-state index in [1.165, 1.54) is 67.0 Å². The van der Waals surface area contributed by atoms with Crippen LogP contribution in [0.2, 0.25) is 0 Å². The van der Waals surface area contributed by atoms with Gasteiger partial charge in [-0.3, -0.25) is 0 Å². The van der Waals surface area contributed by atoms with Gasteiger partial charge in [-0.1, -0.05) is 187 Å². The molecule has 5 aromatic heterocycles. The van der Waals surface area contributed by atoms with E-state index in [1.54, 1.807) is 18.3 Å². The van der Waals surface area contributed by atoms with E-state index in [4.69, 9.17) is 15.1 Å². The molecule has 0 fully saturated rings. The Hall–Kier alpha value is -8.15. The number of aromatic nitrogens is 5. The van der Waals surface area contributed by atoms with Gasteiger partial charge >= 0.3 is 0 Å². The molecule has 0 amide bonds. The van der Waals surface area contributed by atoms with Crippen LogP contribution in [0.25, 0.3) is 56.3 Å². The van der Waals surface area contributed by atoms with E-state index >= 15 is 0 Å². The number of hydrogen-bond donors (Lipinski definition) is 0. The van der Waals surface area contributed by atoms with Gasteiger partial charge in [-0.2, -0.15) is 0 Å². The summed E-state index contributed by atoms with van der Waals surface area (Å²) in [5, 5.41) is 0. The highest BCUT2D eigenvalue weighted by molar-refractivity contribution is 5.66. The molecule has 5 aromatic carbocycles. The summed E-state index contributed by atoms with van der Waals surface area (Å²) < 4.78 is 101. The maximum Gasteiger partial charge on any atom is 0.212 e. The van der Waals surface area contributed by atoms with Crippen LogP contribution in [0.15, 0.2) is 177 Å². The molecule has 10 aromatic rings. The van der Waals surface area contributed by atoms with Gasteiger partial charge in [0, 0.05) is 101 Å². The van der Waals surface area contributed by atoms with E-state index in [1.807, 2.05) is 185 Å². The van der Waals surface area contributed by atoms with Crippen LogP contribution < -0.4 is 22.8 Å². The Morgan fingerprint density at radius 1 is 0.255 bits per heavy atom. The number of pyridine rings is 5. The molecule has 102 heavy (non-hydrogen) atoms. The summed E-state index contributed by atoms with van der Waals surface area (Å²) in [6.07, 6.45) is 7.71. The number of nitrogens with zero attached hydrogens (tertiary/aromatic N) is 5. The quantitative estimate of drug-likeness (QED) is 0.0719. The first-order valence-electron chi connectivity index (χ1n) is 42.8. The second kappa shape index (κ2) is 38.9. The number of benzene rings is 5. The predicted molar refractivity (Wildman–Crippen MR) is 438 cm³/mol. The SMILES string of the molecule is Cc1cc(-c2ccccc2C)[n+](C)cc1CC(C)C.Cc1ccccc1-c1cc(CC(C)C)c(CC(C)C)c[n+]1C.[2H]C([2H])([2H])c1ccc(-c2cc(C)c(C([2H])([2H])C(C)C)c[n+]2C)c(C)c1.[2H]C([2H])(c1c[n+](C)c(-c2ccccc2C)cc1C)C(C)C.[2H]C([2H])(c1cc(-c2ccccc2C)[n+](C)cc1C([2H])([2H])C(C)C)C(C)C. The highest BCUT2D eigenvalue weighted by atomic mass is 14.9. The zero-order valence-electron chi connectivity index (χ0n) is 78.6. The molecule has 0 aliphatic carbocycles. The molecule has 0 radical (unpaired) electrons. The van der Waals surface area contributed by atoms with Crippen molar-refractivity contribution in [2.75, 3.05) is 0 Å². The Kier molecular flexibility index (Phi) is 25.6. The van der Waals surface area contributed by atoms with Gasteiger partial charge in [-0.15, -0.1) is 0 Å². The molecule has 0 saturated heterocycles. The van der Waals surface area contributed by atoms with Crippen LogP contribution in [0.1, 0.15) is 201 Å². The predicted octanol–water partition coefficient (Wildman–Crippen LogP) is 22.1. The summed E-state index contributed by atoms with van der Waals surface area (Å²) in [6.45, 7) is 43.2. The minimum absolute atomic E-state index is 0.0551. The third-order valence-electron chi connectivity index (χ3n) is 18.1. The van der Waals surface area contributed by atoms with Crippen molar-refractivity contribution < 1.29 is 37.9 Å². The zero-order chi connectivity index (χ0) is 85.1. The molecule has 5 heteroatoms. The first-order valence-corrected chi connectivity index (χ1v) is 37.3. The van der Waals surface area contributed by atoms with Gasteiger partial charge < -0.3 is 0 Å². The summed E-state index contributed by atoms with van der Waals surface area (Å²) in [4.78, 5) is 0. The Balaban J connectivity index is 0.000000221. The minimum Gasteiger partial charge on any atom is -0.201 e.